The molecule has 0 spiro atoms. The van der Waals surface area contributed by atoms with Crippen LogP contribution in [0.15, 0.2) is 23.1 Å². The van der Waals surface area contributed by atoms with Crippen LogP contribution in [-0.2, 0) is 10.0 Å². The summed E-state index contributed by atoms with van der Waals surface area (Å²) in [6.45, 7) is 2.83. The largest absolute Gasteiger partial charge is 0.396 e. The summed E-state index contributed by atoms with van der Waals surface area (Å²) in [5.41, 5.74) is 4.17. The first-order valence-electron chi connectivity index (χ1n) is 5.28. The van der Waals surface area contributed by atoms with Crippen LogP contribution in [0.5, 0.6) is 0 Å². The summed E-state index contributed by atoms with van der Waals surface area (Å²) in [6.07, 6.45) is 0. The van der Waals surface area contributed by atoms with Gasteiger partial charge in [-0.3, -0.25) is 0 Å². The van der Waals surface area contributed by atoms with E-state index in [1.807, 2.05) is 0 Å². The lowest BCUT2D eigenvalue weighted by Crippen LogP contribution is -2.47. The Morgan fingerprint density at radius 2 is 2.00 bits per heavy atom. The Kier molecular flexibility index (Phi) is 3.99. The Morgan fingerprint density at radius 1 is 1.44 bits per heavy atom. The van der Waals surface area contributed by atoms with Crippen LogP contribution < -0.4 is 5.73 Å². The van der Waals surface area contributed by atoms with Gasteiger partial charge in [-0.15, -0.1) is 0 Å². The summed E-state index contributed by atoms with van der Waals surface area (Å²) in [4.78, 5) is -0.106. The Morgan fingerprint density at radius 3 is 2.44 bits per heavy atom. The lowest BCUT2D eigenvalue weighted by Gasteiger charge is -2.32. The summed E-state index contributed by atoms with van der Waals surface area (Å²) >= 11 is 0. The number of hydrogen-bond donors (Lipinski definition) is 2. The second-order valence-corrected chi connectivity index (χ2v) is 6.60. The number of rotatable bonds is 4. The number of nitrogens with two attached hydrogens (primary N) is 1. The van der Waals surface area contributed by atoms with Gasteiger partial charge in [0.05, 0.1) is 22.7 Å². The van der Waals surface area contributed by atoms with Gasteiger partial charge in [0.25, 0.3) is 0 Å². The minimum Gasteiger partial charge on any atom is -0.396 e. The van der Waals surface area contributed by atoms with Crippen molar-refractivity contribution >= 4 is 15.7 Å². The van der Waals surface area contributed by atoms with Crippen molar-refractivity contribution in [2.75, 3.05) is 19.4 Å². The van der Waals surface area contributed by atoms with E-state index in [1.165, 1.54) is 7.05 Å². The number of nitrogen functional groups attached to an aromatic ring is 1. The highest BCUT2D eigenvalue weighted by Gasteiger charge is 2.33. The maximum Gasteiger partial charge on any atom is 0.243 e. The molecule has 0 aliphatic rings. The SMILES string of the molecule is CN(C(C)(C)CO)S(=O)(=O)c1ccc(F)c(N)c1. The Labute approximate surface area is 106 Å². The number of halogens is 1. The van der Waals surface area contributed by atoms with Crippen LogP contribution in [0.4, 0.5) is 10.1 Å². The van der Waals surface area contributed by atoms with Crippen LogP contribution in [0, 0.1) is 5.82 Å². The molecule has 7 heteroatoms. The molecule has 0 radical (unpaired) electrons. The van der Waals surface area contributed by atoms with E-state index in [0.29, 0.717) is 0 Å². The maximum atomic E-state index is 13.0. The van der Waals surface area contributed by atoms with Crippen molar-refractivity contribution in [1.82, 2.24) is 4.31 Å². The molecule has 1 aromatic carbocycles. The van der Waals surface area contributed by atoms with Crippen molar-refractivity contribution < 1.29 is 17.9 Å². The molecule has 18 heavy (non-hydrogen) atoms. The molecule has 0 saturated carbocycles. The molecule has 0 aliphatic heterocycles. The van der Waals surface area contributed by atoms with Gasteiger partial charge in [-0.05, 0) is 32.0 Å². The minimum absolute atomic E-state index is 0.106. The van der Waals surface area contributed by atoms with Crippen molar-refractivity contribution in [3.8, 4) is 0 Å². The number of sulfonamides is 1. The number of anilines is 1. The molecule has 0 amide bonds. The van der Waals surface area contributed by atoms with Gasteiger partial charge in [0.1, 0.15) is 5.82 Å². The summed E-state index contributed by atoms with van der Waals surface area (Å²) in [7, 11) is -2.47. The fourth-order valence-electron chi connectivity index (χ4n) is 1.27. The first-order valence-corrected chi connectivity index (χ1v) is 6.72. The van der Waals surface area contributed by atoms with E-state index in [-0.39, 0.29) is 17.2 Å². The van der Waals surface area contributed by atoms with Crippen LogP contribution in [0.3, 0.4) is 0 Å². The molecule has 0 fully saturated rings. The lowest BCUT2D eigenvalue weighted by atomic mass is 10.1. The third-order valence-corrected chi connectivity index (χ3v) is 4.93. The van der Waals surface area contributed by atoms with E-state index < -0.39 is 21.4 Å². The Hall–Kier alpha value is -1.18. The molecule has 3 N–H and O–H groups in total. The first kappa shape index (κ1) is 14.9. The normalized spacial score (nSPS) is 13.0. The average molecular weight is 276 g/mol. The zero-order valence-corrected chi connectivity index (χ0v) is 11.3. The molecule has 0 atom stereocenters. The average Bonchev–Trinajstić information content (AvgIpc) is 2.31. The summed E-state index contributed by atoms with van der Waals surface area (Å²) < 4.78 is 38.5. The lowest BCUT2D eigenvalue weighted by molar-refractivity contribution is 0.138. The van der Waals surface area contributed by atoms with Gasteiger partial charge in [-0.1, -0.05) is 0 Å². The predicted octanol–water partition coefficient (Wildman–Crippen LogP) is 0.799. The van der Waals surface area contributed by atoms with Gasteiger partial charge < -0.3 is 10.8 Å². The topological polar surface area (TPSA) is 83.6 Å². The summed E-state index contributed by atoms with van der Waals surface area (Å²) in [6, 6.07) is 3.21. The maximum absolute atomic E-state index is 13.0. The van der Waals surface area contributed by atoms with E-state index in [4.69, 9.17) is 5.73 Å². The highest BCUT2D eigenvalue weighted by atomic mass is 32.2. The molecule has 0 unspecified atom stereocenters. The van der Waals surface area contributed by atoms with Crippen molar-refractivity contribution in [2.45, 2.75) is 24.3 Å². The van der Waals surface area contributed by atoms with Crippen molar-refractivity contribution in [2.24, 2.45) is 0 Å². The van der Waals surface area contributed by atoms with Gasteiger partial charge in [-0.2, -0.15) is 4.31 Å². The van der Waals surface area contributed by atoms with E-state index in [1.54, 1.807) is 13.8 Å². The van der Waals surface area contributed by atoms with Gasteiger partial charge in [0, 0.05) is 7.05 Å². The molecular formula is C11H17FN2O3S. The quantitative estimate of drug-likeness (QED) is 0.797. The predicted molar refractivity (Wildman–Crippen MR) is 66.9 cm³/mol. The van der Waals surface area contributed by atoms with E-state index >= 15 is 0 Å². The van der Waals surface area contributed by atoms with Gasteiger partial charge >= 0.3 is 0 Å². The molecular weight excluding hydrogens is 259 g/mol. The highest BCUT2D eigenvalue weighted by Crippen LogP contribution is 2.24. The smallest absolute Gasteiger partial charge is 0.243 e. The Balaban J connectivity index is 3.26. The minimum atomic E-state index is -3.82. The zero-order valence-electron chi connectivity index (χ0n) is 10.5. The van der Waals surface area contributed by atoms with Crippen molar-refractivity contribution in [3.05, 3.63) is 24.0 Å². The van der Waals surface area contributed by atoms with E-state index in [2.05, 4.69) is 0 Å². The van der Waals surface area contributed by atoms with E-state index in [0.717, 1.165) is 22.5 Å². The zero-order chi connectivity index (χ0) is 14.1. The van der Waals surface area contributed by atoms with Crippen LogP contribution in [-0.4, -0.2) is 37.0 Å². The van der Waals surface area contributed by atoms with E-state index in [9.17, 15) is 17.9 Å². The molecule has 102 valence electrons. The molecule has 0 heterocycles. The number of aliphatic hydroxyl groups is 1. The second kappa shape index (κ2) is 4.83. The molecule has 0 aromatic heterocycles. The third kappa shape index (κ3) is 2.63. The number of hydrogen-bond acceptors (Lipinski definition) is 4. The van der Waals surface area contributed by atoms with Gasteiger partial charge in [0.2, 0.25) is 10.0 Å². The molecule has 1 aromatic rings. The number of benzene rings is 1. The number of aliphatic hydroxyl groups excluding tert-OH is 1. The first-order chi connectivity index (χ1) is 8.13. The van der Waals surface area contributed by atoms with Crippen LogP contribution in [0.2, 0.25) is 0 Å². The molecule has 0 saturated heterocycles. The van der Waals surface area contributed by atoms with Crippen LogP contribution in [0.25, 0.3) is 0 Å². The number of likely N-dealkylation sites (N-methyl/N-ethyl adjacent to an activating group) is 1. The number of nitrogens with zero attached hydrogens (tertiary/aromatic N) is 1. The standard InChI is InChI=1S/C11H17FN2O3S/c1-11(2,7-15)14(3)18(16,17)8-4-5-9(12)10(13)6-8/h4-6,15H,7,13H2,1-3H3. The van der Waals surface area contributed by atoms with Gasteiger partial charge in [0.15, 0.2) is 0 Å². The highest BCUT2D eigenvalue weighted by molar-refractivity contribution is 7.89. The van der Waals surface area contributed by atoms with Crippen LogP contribution in [0.1, 0.15) is 13.8 Å². The molecule has 0 bridgehead atoms. The molecule has 0 aliphatic carbocycles. The second-order valence-electron chi connectivity index (χ2n) is 4.63. The molecule has 5 nitrogen and oxygen atoms in total. The third-order valence-electron chi connectivity index (χ3n) is 2.87. The fourth-order valence-corrected chi connectivity index (χ4v) is 2.81. The monoisotopic (exact) mass is 276 g/mol. The summed E-state index contributed by atoms with van der Waals surface area (Å²) in [5.74, 6) is -0.668. The fraction of sp³-hybridized carbons (Fsp3) is 0.455. The van der Waals surface area contributed by atoms with Crippen molar-refractivity contribution in [3.63, 3.8) is 0 Å². The Bertz CT molecular complexity index is 543. The van der Waals surface area contributed by atoms with Crippen LogP contribution >= 0.6 is 0 Å². The molecule has 1 rings (SSSR count). The summed E-state index contributed by atoms with van der Waals surface area (Å²) in [5, 5.41) is 9.18. The van der Waals surface area contributed by atoms with Crippen molar-refractivity contribution in [1.29, 1.82) is 0 Å². The van der Waals surface area contributed by atoms with Gasteiger partial charge in [-0.25, -0.2) is 12.8 Å².